The summed E-state index contributed by atoms with van der Waals surface area (Å²) in [5.41, 5.74) is 0. The van der Waals surface area contributed by atoms with Crippen LogP contribution in [0.5, 0.6) is 0 Å². The summed E-state index contributed by atoms with van der Waals surface area (Å²) in [6.07, 6.45) is -1.04. The van der Waals surface area contributed by atoms with Crippen molar-refractivity contribution in [2.75, 3.05) is 13.2 Å². The third kappa shape index (κ3) is 8.12. The summed E-state index contributed by atoms with van der Waals surface area (Å²) in [5.74, 6) is 0. The van der Waals surface area contributed by atoms with E-state index in [1.807, 2.05) is 0 Å². The average molecular weight is 205 g/mol. The summed E-state index contributed by atoms with van der Waals surface area (Å²) in [4.78, 5) is 10.5. The van der Waals surface area contributed by atoms with Crippen molar-refractivity contribution in [2.45, 2.75) is 13.8 Å². The van der Waals surface area contributed by atoms with E-state index >= 15 is 0 Å². The predicted molar refractivity (Wildman–Crippen MR) is 41.8 cm³/mol. The Hall–Kier alpha value is -0.223. The second-order valence-corrected chi connectivity index (χ2v) is 3.03. The fourth-order valence-electron chi connectivity index (χ4n) is 0.447. The Morgan fingerprint density at radius 3 is 2.31 bits per heavy atom. The van der Waals surface area contributed by atoms with Crippen LogP contribution >= 0.6 is 0 Å². The van der Waals surface area contributed by atoms with Crippen LogP contribution in [-0.2, 0) is 19.2 Å². The van der Waals surface area contributed by atoms with Gasteiger partial charge in [-0.15, -0.1) is 0 Å². The van der Waals surface area contributed by atoms with Crippen molar-refractivity contribution in [1.29, 1.82) is 0 Å². The number of amides is 1. The van der Waals surface area contributed by atoms with E-state index in [4.69, 9.17) is 0 Å². The zero-order valence-electron chi connectivity index (χ0n) is 8.86. The van der Waals surface area contributed by atoms with Crippen LogP contribution in [0.1, 0.15) is 15.3 Å². The van der Waals surface area contributed by atoms with Crippen LogP contribution in [0, 0.1) is 0 Å². The zero-order valence-corrected chi connectivity index (χ0v) is 8.68. The minimum atomic E-state index is -3.98. The smallest absolute Gasteiger partial charge is 1.00 e. The molecule has 0 spiro atoms. The van der Waals surface area contributed by atoms with Crippen molar-refractivity contribution < 1.29 is 42.4 Å². The summed E-state index contributed by atoms with van der Waals surface area (Å²) < 4.78 is 31.4. The summed E-state index contributed by atoms with van der Waals surface area (Å²) in [6, 6.07) is 0. The molecule has 6 nitrogen and oxygen atoms in total. The first-order valence-corrected chi connectivity index (χ1v) is 4.76. The van der Waals surface area contributed by atoms with Crippen LogP contribution < -0.4 is 23.6 Å². The number of ether oxygens (including phenoxy) is 1. The molecule has 0 saturated heterocycles. The summed E-state index contributed by atoms with van der Waals surface area (Å²) in [7, 11) is -3.98. The van der Waals surface area contributed by atoms with Crippen molar-refractivity contribution in [3.63, 3.8) is 0 Å². The molecule has 0 radical (unpaired) electrons. The van der Waals surface area contributed by atoms with Gasteiger partial charge in [0.1, 0.15) is 0 Å². The molecule has 0 aromatic heterocycles. The van der Waals surface area contributed by atoms with Gasteiger partial charge in [0.15, 0.2) is 0 Å². The van der Waals surface area contributed by atoms with E-state index in [9.17, 15) is 13.2 Å². The Labute approximate surface area is 90.9 Å². The molecule has 8 heteroatoms. The van der Waals surface area contributed by atoms with E-state index in [2.05, 4.69) is 8.92 Å². The molecule has 0 unspecified atom stereocenters. The summed E-state index contributed by atoms with van der Waals surface area (Å²) in [6.45, 7) is 3.12. The largest absolute Gasteiger partial charge is 1.00 e. The first-order valence-electron chi connectivity index (χ1n) is 3.35. The van der Waals surface area contributed by atoms with Gasteiger partial charge in [-0.2, -0.15) is 13.1 Å². The Bertz CT molecular complexity index is 245. The van der Waals surface area contributed by atoms with Gasteiger partial charge in [-0.1, -0.05) is 0 Å². The Kier molecular flexibility index (Phi) is 8.46. The SMILES string of the molecule is CCOC(=O)NS(=O)(=O)OCC.[H-].[Li+]. The number of hydrogen-bond acceptors (Lipinski definition) is 5. The molecular formula is C5H12LiNO5S. The van der Waals surface area contributed by atoms with Crippen LogP contribution in [0.15, 0.2) is 0 Å². The number of carbonyl (C=O) groups excluding carboxylic acids is 1. The molecule has 0 saturated carbocycles. The Balaban J connectivity index is -0.000000605. The molecule has 13 heavy (non-hydrogen) atoms. The molecule has 1 N–H and O–H groups in total. The third-order valence-corrected chi connectivity index (χ3v) is 1.72. The molecule has 0 aromatic rings. The zero-order chi connectivity index (χ0) is 9.61. The molecule has 74 valence electrons. The minimum absolute atomic E-state index is 0. The summed E-state index contributed by atoms with van der Waals surface area (Å²) >= 11 is 0. The van der Waals surface area contributed by atoms with Crippen molar-refractivity contribution >= 4 is 16.4 Å². The molecule has 0 aliphatic carbocycles. The van der Waals surface area contributed by atoms with E-state index < -0.39 is 16.4 Å². The molecular weight excluding hydrogens is 193 g/mol. The van der Waals surface area contributed by atoms with Crippen LogP contribution in [-0.4, -0.2) is 27.7 Å². The number of carbonyl (C=O) groups is 1. The van der Waals surface area contributed by atoms with Gasteiger partial charge < -0.3 is 6.16 Å². The van der Waals surface area contributed by atoms with E-state index in [-0.39, 0.29) is 33.5 Å². The monoisotopic (exact) mass is 205 g/mol. The quantitative estimate of drug-likeness (QED) is 0.499. The van der Waals surface area contributed by atoms with Gasteiger partial charge in [0, 0.05) is 0 Å². The number of rotatable bonds is 4. The second-order valence-electron chi connectivity index (χ2n) is 1.68. The van der Waals surface area contributed by atoms with Crippen molar-refractivity contribution in [1.82, 2.24) is 4.72 Å². The van der Waals surface area contributed by atoms with Crippen LogP contribution in [0.2, 0.25) is 0 Å². The molecule has 1 amide bonds. The molecule has 0 heterocycles. The van der Waals surface area contributed by atoms with Gasteiger partial charge in [-0.3, -0.25) is 4.18 Å². The first-order chi connectivity index (χ1) is 5.52. The standard InChI is InChI=1S/C5H11NO5S.Li.H/c1-3-10-5(7)6-12(8,9)11-4-2;;/h3-4H2,1-2H3,(H,6,7);;/q;+1;-1. The summed E-state index contributed by atoms with van der Waals surface area (Å²) in [5, 5.41) is 0. The van der Waals surface area contributed by atoms with Crippen molar-refractivity contribution in [2.24, 2.45) is 0 Å². The Morgan fingerprint density at radius 2 is 1.92 bits per heavy atom. The van der Waals surface area contributed by atoms with E-state index in [1.165, 1.54) is 6.92 Å². The topological polar surface area (TPSA) is 81.7 Å². The van der Waals surface area contributed by atoms with E-state index in [1.54, 1.807) is 11.6 Å². The molecule has 0 aromatic carbocycles. The maximum atomic E-state index is 10.7. The fraction of sp³-hybridized carbons (Fsp3) is 0.800. The maximum absolute atomic E-state index is 10.7. The molecule has 0 bridgehead atoms. The van der Waals surface area contributed by atoms with Gasteiger partial charge in [0.25, 0.3) is 0 Å². The maximum Gasteiger partial charge on any atom is 1.00 e. The normalized spacial score (nSPS) is 10.0. The average Bonchev–Trinajstić information content (AvgIpc) is 1.85. The van der Waals surface area contributed by atoms with E-state index in [0.29, 0.717) is 0 Å². The number of nitrogens with one attached hydrogen (secondary N) is 1. The molecule has 0 aliphatic heterocycles. The van der Waals surface area contributed by atoms with Gasteiger partial charge in [-0.25, -0.2) is 4.79 Å². The minimum Gasteiger partial charge on any atom is -1.00 e. The third-order valence-electron chi connectivity index (χ3n) is 0.757. The fourth-order valence-corrected chi connectivity index (χ4v) is 1.08. The molecule has 0 rings (SSSR count). The Morgan fingerprint density at radius 1 is 1.38 bits per heavy atom. The first kappa shape index (κ1) is 15.3. The molecule has 0 aliphatic rings. The van der Waals surface area contributed by atoms with Gasteiger partial charge >= 0.3 is 35.3 Å². The second kappa shape index (κ2) is 7.21. The predicted octanol–water partition coefficient (Wildman–Crippen LogP) is -2.87. The number of hydrogen-bond donors (Lipinski definition) is 1. The van der Waals surface area contributed by atoms with Gasteiger partial charge in [-0.05, 0) is 13.8 Å². The van der Waals surface area contributed by atoms with Gasteiger partial charge in [0.2, 0.25) is 0 Å². The van der Waals surface area contributed by atoms with Crippen molar-refractivity contribution in [3.8, 4) is 0 Å². The van der Waals surface area contributed by atoms with Crippen LogP contribution in [0.4, 0.5) is 4.79 Å². The van der Waals surface area contributed by atoms with Crippen molar-refractivity contribution in [3.05, 3.63) is 0 Å². The molecule has 0 fully saturated rings. The van der Waals surface area contributed by atoms with E-state index in [0.717, 1.165) is 0 Å². The van der Waals surface area contributed by atoms with Crippen LogP contribution in [0.3, 0.4) is 0 Å². The van der Waals surface area contributed by atoms with Gasteiger partial charge in [0.05, 0.1) is 13.2 Å². The van der Waals surface area contributed by atoms with Crippen LogP contribution in [0.25, 0.3) is 0 Å². The molecule has 0 atom stereocenters.